The number of hydrogen-bond acceptors (Lipinski definition) is 2. The molecule has 27 heavy (non-hydrogen) atoms. The van der Waals surface area contributed by atoms with E-state index in [1.54, 1.807) is 0 Å². The van der Waals surface area contributed by atoms with Gasteiger partial charge in [-0.3, -0.25) is 4.90 Å². The van der Waals surface area contributed by atoms with Crippen LogP contribution in [0.15, 0.2) is 48.5 Å². The lowest BCUT2D eigenvalue weighted by molar-refractivity contribution is 0.127. The van der Waals surface area contributed by atoms with Crippen molar-refractivity contribution < 1.29 is 0 Å². The summed E-state index contributed by atoms with van der Waals surface area (Å²) < 4.78 is 0. The van der Waals surface area contributed by atoms with E-state index >= 15 is 0 Å². The molecule has 148 valence electrons. The molecule has 0 aromatic heterocycles. The summed E-state index contributed by atoms with van der Waals surface area (Å²) in [6.07, 6.45) is 2.25. The van der Waals surface area contributed by atoms with Gasteiger partial charge in [-0.05, 0) is 55.6 Å². The van der Waals surface area contributed by atoms with Gasteiger partial charge in [-0.1, -0.05) is 74.8 Å². The number of likely N-dealkylation sites (N-methyl/N-ethyl adjacent to an activating group) is 1. The van der Waals surface area contributed by atoms with Gasteiger partial charge in [0.2, 0.25) is 0 Å². The van der Waals surface area contributed by atoms with Crippen molar-refractivity contribution in [3.05, 3.63) is 70.2 Å². The molecule has 2 aromatic carbocycles. The molecule has 0 fully saturated rings. The first-order valence-corrected chi connectivity index (χ1v) is 10.5. The van der Waals surface area contributed by atoms with Gasteiger partial charge in [0.1, 0.15) is 0 Å². The average molecular weight is 387 g/mol. The lowest BCUT2D eigenvalue weighted by Gasteiger charge is -2.35. The standard InChI is InChI=1S/C24H35ClN2/c1-6-20-10-9-11-21(15-20)16-27(17-22-12-7-8-13-24(22)25)23(14-19(2)3)18-26(4)5/h7-13,15,19,23H,6,14,16-18H2,1-5H3. The van der Waals surface area contributed by atoms with E-state index in [4.69, 9.17) is 11.6 Å². The molecule has 0 saturated heterocycles. The molecule has 0 spiro atoms. The molecule has 0 saturated carbocycles. The van der Waals surface area contributed by atoms with E-state index in [2.05, 4.69) is 81.1 Å². The van der Waals surface area contributed by atoms with Gasteiger partial charge in [-0.25, -0.2) is 0 Å². The smallest absolute Gasteiger partial charge is 0.0451 e. The summed E-state index contributed by atoms with van der Waals surface area (Å²) >= 11 is 6.50. The van der Waals surface area contributed by atoms with Crippen molar-refractivity contribution in [1.29, 1.82) is 0 Å². The third-order valence-corrected chi connectivity index (χ3v) is 5.32. The van der Waals surface area contributed by atoms with Crippen molar-refractivity contribution in [3.8, 4) is 0 Å². The van der Waals surface area contributed by atoms with E-state index in [0.29, 0.717) is 12.0 Å². The number of benzene rings is 2. The maximum absolute atomic E-state index is 6.50. The zero-order chi connectivity index (χ0) is 19.8. The lowest BCUT2D eigenvalue weighted by Crippen LogP contribution is -2.42. The quantitative estimate of drug-likeness (QED) is 0.503. The van der Waals surface area contributed by atoms with Gasteiger partial charge in [0.05, 0.1) is 0 Å². The highest BCUT2D eigenvalue weighted by Gasteiger charge is 2.22. The van der Waals surface area contributed by atoms with E-state index in [-0.39, 0.29) is 0 Å². The second-order valence-electron chi connectivity index (χ2n) is 8.22. The summed E-state index contributed by atoms with van der Waals surface area (Å²) in [6.45, 7) is 9.72. The Morgan fingerprint density at radius 1 is 0.926 bits per heavy atom. The number of halogens is 1. The monoisotopic (exact) mass is 386 g/mol. The summed E-state index contributed by atoms with van der Waals surface area (Å²) in [6, 6.07) is 17.7. The van der Waals surface area contributed by atoms with Crippen LogP contribution in [0.5, 0.6) is 0 Å². The fourth-order valence-electron chi connectivity index (χ4n) is 3.65. The van der Waals surface area contributed by atoms with Crippen LogP contribution in [0.4, 0.5) is 0 Å². The van der Waals surface area contributed by atoms with Crippen molar-refractivity contribution in [3.63, 3.8) is 0 Å². The first-order valence-electron chi connectivity index (χ1n) is 10.1. The minimum atomic E-state index is 0.488. The summed E-state index contributed by atoms with van der Waals surface area (Å²) in [7, 11) is 4.33. The average Bonchev–Trinajstić information content (AvgIpc) is 2.62. The van der Waals surface area contributed by atoms with E-state index < -0.39 is 0 Å². The highest BCUT2D eigenvalue weighted by molar-refractivity contribution is 6.31. The second kappa shape index (κ2) is 10.8. The fraction of sp³-hybridized carbons (Fsp3) is 0.500. The van der Waals surface area contributed by atoms with Gasteiger partial charge in [-0.15, -0.1) is 0 Å². The first-order chi connectivity index (χ1) is 12.9. The molecule has 0 aliphatic heterocycles. The molecule has 0 heterocycles. The highest BCUT2D eigenvalue weighted by Crippen LogP contribution is 2.23. The molecule has 0 aliphatic carbocycles. The molecular formula is C24H35ClN2. The number of rotatable bonds is 10. The van der Waals surface area contributed by atoms with Crippen LogP contribution in [0.2, 0.25) is 5.02 Å². The van der Waals surface area contributed by atoms with Crippen molar-refractivity contribution in [2.45, 2.75) is 52.7 Å². The van der Waals surface area contributed by atoms with Crippen LogP contribution in [0.25, 0.3) is 0 Å². The largest absolute Gasteiger partial charge is 0.308 e. The van der Waals surface area contributed by atoms with Crippen LogP contribution in [-0.4, -0.2) is 36.5 Å². The van der Waals surface area contributed by atoms with Gasteiger partial charge >= 0.3 is 0 Å². The zero-order valence-electron chi connectivity index (χ0n) is 17.6. The van der Waals surface area contributed by atoms with Crippen LogP contribution in [-0.2, 0) is 19.5 Å². The predicted octanol–water partition coefficient (Wildman–Crippen LogP) is 5.88. The van der Waals surface area contributed by atoms with E-state index in [1.807, 2.05) is 12.1 Å². The van der Waals surface area contributed by atoms with Crippen molar-refractivity contribution >= 4 is 11.6 Å². The Balaban J connectivity index is 2.31. The van der Waals surface area contributed by atoms with Crippen LogP contribution in [0.3, 0.4) is 0 Å². The Labute approximate surface area is 171 Å². The SMILES string of the molecule is CCc1cccc(CN(Cc2ccccc2Cl)C(CC(C)C)CN(C)C)c1. The maximum Gasteiger partial charge on any atom is 0.0451 e. The van der Waals surface area contributed by atoms with Crippen LogP contribution >= 0.6 is 11.6 Å². The van der Waals surface area contributed by atoms with E-state index in [0.717, 1.165) is 31.1 Å². The zero-order valence-corrected chi connectivity index (χ0v) is 18.3. The maximum atomic E-state index is 6.50. The van der Waals surface area contributed by atoms with Gasteiger partial charge in [0.15, 0.2) is 0 Å². The molecule has 2 rings (SSSR count). The highest BCUT2D eigenvalue weighted by atomic mass is 35.5. The minimum Gasteiger partial charge on any atom is -0.308 e. The molecule has 1 atom stereocenters. The second-order valence-corrected chi connectivity index (χ2v) is 8.62. The Hall–Kier alpha value is -1.35. The lowest BCUT2D eigenvalue weighted by atomic mass is 9.99. The van der Waals surface area contributed by atoms with Crippen molar-refractivity contribution in [2.24, 2.45) is 5.92 Å². The molecule has 0 aliphatic rings. The molecule has 0 bridgehead atoms. The Morgan fingerprint density at radius 3 is 2.26 bits per heavy atom. The normalized spacial score (nSPS) is 12.9. The molecule has 3 heteroatoms. The molecule has 2 aromatic rings. The van der Waals surface area contributed by atoms with Crippen molar-refractivity contribution in [2.75, 3.05) is 20.6 Å². The molecule has 0 radical (unpaired) electrons. The Morgan fingerprint density at radius 2 is 1.63 bits per heavy atom. The molecular weight excluding hydrogens is 352 g/mol. The number of nitrogens with zero attached hydrogens (tertiary/aromatic N) is 2. The van der Waals surface area contributed by atoms with Gasteiger partial charge < -0.3 is 4.90 Å². The summed E-state index contributed by atoms with van der Waals surface area (Å²) in [5.41, 5.74) is 3.99. The van der Waals surface area contributed by atoms with Crippen LogP contribution in [0, 0.1) is 5.92 Å². The Bertz CT molecular complexity index is 686. The molecule has 2 nitrogen and oxygen atoms in total. The van der Waals surface area contributed by atoms with Crippen LogP contribution in [0.1, 0.15) is 43.9 Å². The van der Waals surface area contributed by atoms with Crippen molar-refractivity contribution in [1.82, 2.24) is 9.80 Å². The van der Waals surface area contributed by atoms with Crippen LogP contribution < -0.4 is 0 Å². The molecule has 1 unspecified atom stereocenters. The predicted molar refractivity (Wildman–Crippen MR) is 118 cm³/mol. The number of hydrogen-bond donors (Lipinski definition) is 0. The van der Waals surface area contributed by atoms with E-state index in [1.165, 1.54) is 23.1 Å². The van der Waals surface area contributed by atoms with Gasteiger partial charge in [0, 0.05) is 30.7 Å². The Kier molecular flexibility index (Phi) is 8.82. The van der Waals surface area contributed by atoms with Gasteiger partial charge in [-0.2, -0.15) is 0 Å². The molecule has 0 N–H and O–H groups in total. The fourth-order valence-corrected chi connectivity index (χ4v) is 3.84. The first kappa shape index (κ1) is 21.9. The van der Waals surface area contributed by atoms with E-state index in [9.17, 15) is 0 Å². The van der Waals surface area contributed by atoms with Gasteiger partial charge in [0.25, 0.3) is 0 Å². The topological polar surface area (TPSA) is 6.48 Å². The molecule has 0 amide bonds. The minimum absolute atomic E-state index is 0.488. The third kappa shape index (κ3) is 7.29. The summed E-state index contributed by atoms with van der Waals surface area (Å²) in [4.78, 5) is 4.91. The summed E-state index contributed by atoms with van der Waals surface area (Å²) in [5, 5.41) is 0.859. The number of aryl methyl sites for hydroxylation is 1. The summed E-state index contributed by atoms with van der Waals surface area (Å²) in [5.74, 6) is 0.658. The third-order valence-electron chi connectivity index (χ3n) is 4.95.